The Morgan fingerprint density at radius 1 is 1.36 bits per heavy atom. The van der Waals surface area contributed by atoms with Gasteiger partial charge in [0.05, 0.1) is 0 Å². The van der Waals surface area contributed by atoms with E-state index in [0.717, 1.165) is 19.4 Å². The lowest BCUT2D eigenvalue weighted by molar-refractivity contribution is -0.128. The van der Waals surface area contributed by atoms with Crippen LogP contribution in [0.3, 0.4) is 0 Å². The third kappa shape index (κ3) is 1.79. The predicted molar refractivity (Wildman–Crippen MR) is 55.3 cm³/mol. The second-order valence-electron chi connectivity index (χ2n) is 3.78. The lowest BCUT2D eigenvalue weighted by Crippen LogP contribution is -2.21. The van der Waals surface area contributed by atoms with Crippen molar-refractivity contribution in [3.8, 4) is 0 Å². The molecule has 1 aliphatic heterocycles. The van der Waals surface area contributed by atoms with E-state index < -0.39 is 0 Å². The van der Waals surface area contributed by atoms with Crippen LogP contribution in [0, 0.1) is 13.0 Å². The van der Waals surface area contributed by atoms with Gasteiger partial charge in [0.2, 0.25) is 5.91 Å². The minimum atomic E-state index is 0.148. The highest BCUT2D eigenvalue weighted by Gasteiger charge is 2.28. The Morgan fingerprint density at radius 3 is 2.64 bits per heavy atom. The zero-order valence-electron chi connectivity index (χ0n) is 8.15. The Bertz CT molecular complexity index is 320. The summed E-state index contributed by atoms with van der Waals surface area (Å²) in [6.07, 6.45) is 1.79. The van der Waals surface area contributed by atoms with Gasteiger partial charge in [0.25, 0.3) is 0 Å². The molecule has 1 saturated heterocycles. The van der Waals surface area contributed by atoms with Crippen LogP contribution < -0.4 is 0 Å². The molecule has 1 unspecified atom stereocenters. The van der Waals surface area contributed by atoms with Crippen LogP contribution in [0.4, 0.5) is 0 Å². The van der Waals surface area contributed by atoms with Crippen LogP contribution in [0.2, 0.25) is 0 Å². The molecule has 1 atom stereocenters. The summed E-state index contributed by atoms with van der Waals surface area (Å²) in [5.41, 5.74) is 1.24. The summed E-state index contributed by atoms with van der Waals surface area (Å²) < 4.78 is 0. The van der Waals surface area contributed by atoms with Gasteiger partial charge in [0, 0.05) is 19.5 Å². The molecule has 1 aromatic rings. The number of nitrogens with zero attached hydrogens (tertiary/aromatic N) is 1. The van der Waals surface area contributed by atoms with Crippen molar-refractivity contribution in [1.82, 2.24) is 4.90 Å². The fourth-order valence-corrected chi connectivity index (χ4v) is 1.89. The number of hydrogen-bond acceptors (Lipinski definition) is 1. The average molecular weight is 188 g/mol. The highest BCUT2D eigenvalue weighted by Crippen LogP contribution is 2.21. The van der Waals surface area contributed by atoms with Gasteiger partial charge >= 0.3 is 0 Å². The van der Waals surface area contributed by atoms with Crippen molar-refractivity contribution in [2.75, 3.05) is 6.54 Å². The molecule has 73 valence electrons. The Balaban J connectivity index is 2.02. The van der Waals surface area contributed by atoms with Gasteiger partial charge < -0.3 is 4.90 Å². The van der Waals surface area contributed by atoms with E-state index in [-0.39, 0.29) is 11.8 Å². The number of carbonyl (C=O) groups excluding carboxylic acids is 1. The number of rotatable bonds is 2. The lowest BCUT2D eigenvalue weighted by Gasteiger charge is -2.09. The van der Waals surface area contributed by atoms with Gasteiger partial charge in [-0.15, -0.1) is 0 Å². The summed E-state index contributed by atoms with van der Waals surface area (Å²) >= 11 is 0. The quantitative estimate of drug-likeness (QED) is 0.693. The monoisotopic (exact) mass is 188 g/mol. The van der Waals surface area contributed by atoms with Crippen LogP contribution in [0.25, 0.3) is 0 Å². The molecule has 0 N–H and O–H groups in total. The first kappa shape index (κ1) is 9.25. The molecule has 1 aromatic carbocycles. The van der Waals surface area contributed by atoms with Crippen molar-refractivity contribution in [3.63, 3.8) is 0 Å². The molecule has 1 fully saturated rings. The average Bonchev–Trinajstić information content (AvgIpc) is 2.52. The van der Waals surface area contributed by atoms with Crippen LogP contribution in [0.5, 0.6) is 0 Å². The van der Waals surface area contributed by atoms with Crippen molar-refractivity contribution in [3.05, 3.63) is 42.9 Å². The normalized spacial score (nSPS) is 21.6. The zero-order chi connectivity index (χ0) is 9.97. The molecule has 14 heavy (non-hydrogen) atoms. The number of carbonyl (C=O) groups is 1. The maximum absolute atomic E-state index is 11.6. The van der Waals surface area contributed by atoms with E-state index >= 15 is 0 Å². The van der Waals surface area contributed by atoms with Gasteiger partial charge in [-0.2, -0.15) is 0 Å². The molecule has 1 aliphatic rings. The zero-order valence-corrected chi connectivity index (χ0v) is 8.15. The topological polar surface area (TPSA) is 20.3 Å². The SMILES string of the molecule is [CH2]N1CCC(Cc2ccccc2)C1=O. The first-order valence-electron chi connectivity index (χ1n) is 4.93. The number of hydrogen-bond donors (Lipinski definition) is 0. The minimum absolute atomic E-state index is 0.148. The third-order valence-corrected chi connectivity index (χ3v) is 2.73. The number of likely N-dealkylation sites (tertiary alicyclic amines) is 1. The van der Waals surface area contributed by atoms with Gasteiger partial charge in [-0.05, 0) is 18.4 Å². The van der Waals surface area contributed by atoms with Gasteiger partial charge in [0.1, 0.15) is 0 Å². The van der Waals surface area contributed by atoms with Crippen molar-refractivity contribution >= 4 is 5.91 Å². The lowest BCUT2D eigenvalue weighted by atomic mass is 9.98. The largest absolute Gasteiger partial charge is 0.341 e. The summed E-state index contributed by atoms with van der Waals surface area (Å²) in [6, 6.07) is 10.2. The summed E-state index contributed by atoms with van der Waals surface area (Å²) in [6.45, 7) is 0.802. The highest BCUT2D eigenvalue weighted by molar-refractivity contribution is 5.81. The third-order valence-electron chi connectivity index (χ3n) is 2.73. The second kappa shape index (κ2) is 3.82. The molecule has 0 spiro atoms. The van der Waals surface area contributed by atoms with Crippen LogP contribution >= 0.6 is 0 Å². The Kier molecular flexibility index (Phi) is 2.53. The maximum Gasteiger partial charge on any atom is 0.226 e. The molecule has 0 bridgehead atoms. The van der Waals surface area contributed by atoms with E-state index in [4.69, 9.17) is 0 Å². The molecule has 1 amide bonds. The van der Waals surface area contributed by atoms with Crippen LogP contribution in [-0.2, 0) is 11.2 Å². The molecule has 2 heteroatoms. The van der Waals surface area contributed by atoms with Gasteiger partial charge in [-0.25, -0.2) is 0 Å². The Labute approximate surface area is 84.5 Å². The molecule has 0 aromatic heterocycles. The molecule has 0 saturated carbocycles. The van der Waals surface area contributed by atoms with Crippen molar-refractivity contribution < 1.29 is 4.79 Å². The summed E-state index contributed by atoms with van der Waals surface area (Å²) in [5, 5.41) is 0. The first-order chi connectivity index (χ1) is 6.77. The van der Waals surface area contributed by atoms with Crippen molar-refractivity contribution in [2.24, 2.45) is 5.92 Å². The van der Waals surface area contributed by atoms with Gasteiger partial charge in [-0.1, -0.05) is 30.3 Å². The highest BCUT2D eigenvalue weighted by atomic mass is 16.2. The van der Waals surface area contributed by atoms with E-state index in [1.54, 1.807) is 4.90 Å². The molecule has 1 heterocycles. The minimum Gasteiger partial charge on any atom is -0.341 e. The molecule has 2 rings (SSSR count). The first-order valence-corrected chi connectivity index (χ1v) is 4.93. The predicted octanol–water partition coefficient (Wildman–Crippen LogP) is 1.87. The fourth-order valence-electron chi connectivity index (χ4n) is 1.89. The van der Waals surface area contributed by atoms with E-state index in [2.05, 4.69) is 19.2 Å². The van der Waals surface area contributed by atoms with Crippen molar-refractivity contribution in [2.45, 2.75) is 12.8 Å². The van der Waals surface area contributed by atoms with E-state index in [1.807, 2.05) is 18.2 Å². The Hall–Kier alpha value is -1.31. The standard InChI is InChI=1S/C12H14NO/c1-13-8-7-11(12(13)14)9-10-5-3-2-4-6-10/h2-6,11H,1,7-9H2. The summed E-state index contributed by atoms with van der Waals surface area (Å²) in [5.74, 6) is 0.337. The van der Waals surface area contributed by atoms with Crippen LogP contribution in [0.1, 0.15) is 12.0 Å². The number of amides is 1. The van der Waals surface area contributed by atoms with E-state index in [1.165, 1.54) is 5.56 Å². The molecular weight excluding hydrogens is 174 g/mol. The van der Waals surface area contributed by atoms with E-state index in [0.29, 0.717) is 0 Å². The summed E-state index contributed by atoms with van der Waals surface area (Å²) in [4.78, 5) is 13.2. The fraction of sp³-hybridized carbons (Fsp3) is 0.333. The number of benzene rings is 1. The molecular formula is C12H14NO. The second-order valence-corrected chi connectivity index (χ2v) is 3.78. The van der Waals surface area contributed by atoms with Gasteiger partial charge in [-0.3, -0.25) is 4.79 Å². The van der Waals surface area contributed by atoms with E-state index in [9.17, 15) is 4.79 Å². The Morgan fingerprint density at radius 2 is 2.07 bits per heavy atom. The maximum atomic E-state index is 11.6. The molecule has 1 radical (unpaired) electrons. The molecule has 0 aliphatic carbocycles. The van der Waals surface area contributed by atoms with Crippen molar-refractivity contribution in [1.29, 1.82) is 0 Å². The summed E-state index contributed by atoms with van der Waals surface area (Å²) in [7, 11) is 3.69. The van der Waals surface area contributed by atoms with Crippen LogP contribution in [0.15, 0.2) is 30.3 Å². The van der Waals surface area contributed by atoms with Gasteiger partial charge in [0.15, 0.2) is 0 Å². The smallest absolute Gasteiger partial charge is 0.226 e. The molecule has 2 nitrogen and oxygen atoms in total. The van der Waals surface area contributed by atoms with Crippen LogP contribution in [-0.4, -0.2) is 17.4 Å².